The van der Waals surface area contributed by atoms with E-state index in [2.05, 4.69) is 93.7 Å². The Morgan fingerprint density at radius 1 is 0.288 bits per heavy atom. The van der Waals surface area contributed by atoms with Gasteiger partial charge in [0.1, 0.15) is 13.2 Å². The molecule has 0 amide bonds. The predicted molar refractivity (Wildman–Crippen MR) is 316 cm³/mol. The molecule has 1 atom stereocenters. The van der Waals surface area contributed by atoms with Crippen LogP contribution in [0, 0.1) is 0 Å². The SMILES string of the molecule is CC/C=C\C/C=C\C/C=C\C/C=C\CCCCCCCCCCCCC(=O)OCC(COC(=O)CCCCCCC/C=C\CCCCCCC)OC(=O)CCCCCCCCC/C=C\CCCCCCCCC. The summed E-state index contributed by atoms with van der Waals surface area (Å²) in [5.74, 6) is -0.884. The molecule has 6 nitrogen and oxygen atoms in total. The van der Waals surface area contributed by atoms with E-state index in [1.54, 1.807) is 0 Å². The number of rotatable bonds is 57. The van der Waals surface area contributed by atoms with Gasteiger partial charge in [-0.05, 0) is 109 Å². The van der Waals surface area contributed by atoms with Crippen LogP contribution in [0.3, 0.4) is 0 Å². The van der Waals surface area contributed by atoms with Crippen LogP contribution in [0.5, 0.6) is 0 Å². The lowest BCUT2D eigenvalue weighted by atomic mass is 10.1. The van der Waals surface area contributed by atoms with E-state index in [1.165, 1.54) is 186 Å². The molecule has 0 aromatic rings. The van der Waals surface area contributed by atoms with Gasteiger partial charge in [0.15, 0.2) is 6.10 Å². The van der Waals surface area contributed by atoms with Gasteiger partial charge in [0.25, 0.3) is 0 Å². The van der Waals surface area contributed by atoms with Crippen molar-refractivity contribution >= 4 is 17.9 Å². The van der Waals surface area contributed by atoms with Crippen molar-refractivity contribution in [2.24, 2.45) is 0 Å². The molecule has 0 radical (unpaired) electrons. The number of esters is 3. The van der Waals surface area contributed by atoms with Crippen molar-refractivity contribution in [2.75, 3.05) is 13.2 Å². The third-order valence-electron chi connectivity index (χ3n) is 13.7. The van der Waals surface area contributed by atoms with E-state index in [0.29, 0.717) is 19.3 Å². The number of unbranched alkanes of at least 4 members (excludes halogenated alkanes) is 34. The van der Waals surface area contributed by atoms with E-state index in [0.717, 1.165) is 89.9 Å². The minimum atomic E-state index is -0.783. The fraction of sp³-hybridized carbons (Fsp3) is 0.776. The Balaban J connectivity index is 4.34. The van der Waals surface area contributed by atoms with Gasteiger partial charge in [0.2, 0.25) is 0 Å². The predicted octanol–water partition coefficient (Wildman–Crippen LogP) is 21.3. The smallest absolute Gasteiger partial charge is 0.306 e. The summed E-state index contributed by atoms with van der Waals surface area (Å²) in [7, 11) is 0. The molecule has 0 bridgehead atoms. The molecule has 0 saturated carbocycles. The van der Waals surface area contributed by atoms with Gasteiger partial charge < -0.3 is 14.2 Å². The number of ether oxygens (including phenoxy) is 3. The van der Waals surface area contributed by atoms with E-state index in [4.69, 9.17) is 14.2 Å². The number of hydrogen-bond donors (Lipinski definition) is 0. The van der Waals surface area contributed by atoms with Gasteiger partial charge in [-0.15, -0.1) is 0 Å². The van der Waals surface area contributed by atoms with Crippen LogP contribution in [0.1, 0.15) is 316 Å². The zero-order chi connectivity index (χ0) is 52.9. The maximum Gasteiger partial charge on any atom is 0.306 e. The standard InChI is InChI=1S/C67H118O6/c1-4-7-10-13-16-19-22-25-28-30-32-33-34-35-36-38-39-42-45-48-51-54-57-60-66(69)72-63-64(62-71-65(68)59-56-53-50-47-44-41-27-24-21-18-15-12-9-6-3)73-67(70)61-58-55-52-49-46-43-40-37-31-29-26-23-20-17-14-11-8-5-2/h7,10,16,19,24-25,27-29,31-33,64H,4-6,8-9,11-15,17-18,20-23,26,30,34-63H2,1-3H3/b10-7-,19-16-,27-24-,28-25-,31-29-,33-32-. The molecule has 0 spiro atoms. The Morgan fingerprint density at radius 2 is 0.534 bits per heavy atom. The average Bonchev–Trinajstić information content (AvgIpc) is 3.39. The van der Waals surface area contributed by atoms with Gasteiger partial charge in [0.05, 0.1) is 0 Å². The zero-order valence-electron chi connectivity index (χ0n) is 48.4. The molecular formula is C67H118O6. The molecule has 0 aromatic carbocycles. The van der Waals surface area contributed by atoms with Crippen molar-refractivity contribution in [2.45, 2.75) is 322 Å². The van der Waals surface area contributed by atoms with Crippen molar-refractivity contribution in [3.05, 3.63) is 72.9 Å². The van der Waals surface area contributed by atoms with Gasteiger partial charge in [-0.25, -0.2) is 0 Å². The second-order valence-electron chi connectivity index (χ2n) is 20.9. The van der Waals surface area contributed by atoms with Crippen LogP contribution in [0.2, 0.25) is 0 Å². The lowest BCUT2D eigenvalue weighted by Crippen LogP contribution is -2.30. The minimum absolute atomic E-state index is 0.0804. The summed E-state index contributed by atoms with van der Waals surface area (Å²) >= 11 is 0. The maximum atomic E-state index is 12.9. The Labute approximate surface area is 453 Å². The van der Waals surface area contributed by atoms with Gasteiger partial charge in [0, 0.05) is 19.3 Å². The van der Waals surface area contributed by atoms with Crippen LogP contribution in [0.4, 0.5) is 0 Å². The molecule has 0 N–H and O–H groups in total. The van der Waals surface area contributed by atoms with E-state index in [-0.39, 0.29) is 31.1 Å². The summed E-state index contributed by atoms with van der Waals surface area (Å²) in [5, 5.41) is 0. The van der Waals surface area contributed by atoms with Crippen molar-refractivity contribution < 1.29 is 28.6 Å². The fourth-order valence-corrected chi connectivity index (χ4v) is 8.95. The molecule has 0 aliphatic rings. The molecule has 422 valence electrons. The third-order valence-corrected chi connectivity index (χ3v) is 13.7. The molecule has 0 fully saturated rings. The summed E-state index contributed by atoms with van der Waals surface area (Å²) in [6.07, 6.45) is 79.0. The Bertz CT molecular complexity index is 1360. The minimum Gasteiger partial charge on any atom is -0.462 e. The summed E-state index contributed by atoms with van der Waals surface area (Å²) in [6, 6.07) is 0. The van der Waals surface area contributed by atoms with Crippen molar-refractivity contribution in [1.29, 1.82) is 0 Å². The van der Waals surface area contributed by atoms with Gasteiger partial charge in [-0.1, -0.05) is 261 Å². The van der Waals surface area contributed by atoms with Crippen LogP contribution in [0.25, 0.3) is 0 Å². The molecule has 0 aliphatic heterocycles. The van der Waals surface area contributed by atoms with Crippen LogP contribution < -0.4 is 0 Å². The number of hydrogen-bond acceptors (Lipinski definition) is 6. The van der Waals surface area contributed by atoms with E-state index < -0.39 is 6.10 Å². The molecule has 0 rings (SSSR count). The highest BCUT2D eigenvalue weighted by Gasteiger charge is 2.19. The zero-order valence-corrected chi connectivity index (χ0v) is 48.4. The van der Waals surface area contributed by atoms with Crippen LogP contribution in [-0.2, 0) is 28.6 Å². The first-order valence-electron chi connectivity index (χ1n) is 31.4. The second-order valence-corrected chi connectivity index (χ2v) is 20.9. The van der Waals surface area contributed by atoms with Crippen LogP contribution >= 0.6 is 0 Å². The molecule has 1 unspecified atom stereocenters. The number of carbonyl (C=O) groups is 3. The third kappa shape index (κ3) is 59.6. The molecule has 0 aliphatic carbocycles. The highest BCUT2D eigenvalue weighted by molar-refractivity contribution is 5.71. The normalized spacial score (nSPS) is 12.5. The Hall–Kier alpha value is -3.15. The fourth-order valence-electron chi connectivity index (χ4n) is 8.95. The summed E-state index contributed by atoms with van der Waals surface area (Å²) in [4.78, 5) is 38.3. The lowest BCUT2D eigenvalue weighted by Gasteiger charge is -2.18. The van der Waals surface area contributed by atoms with E-state index in [1.807, 2.05) is 0 Å². The molecule has 6 heteroatoms. The Kier molecular flexibility index (Phi) is 58.7. The summed E-state index contributed by atoms with van der Waals surface area (Å²) in [5.41, 5.74) is 0. The van der Waals surface area contributed by atoms with Crippen LogP contribution in [0.15, 0.2) is 72.9 Å². The first-order valence-corrected chi connectivity index (χ1v) is 31.4. The second kappa shape index (κ2) is 61.4. The van der Waals surface area contributed by atoms with Gasteiger partial charge in [-0.2, -0.15) is 0 Å². The molecule has 0 saturated heterocycles. The molecule has 73 heavy (non-hydrogen) atoms. The van der Waals surface area contributed by atoms with Gasteiger partial charge in [-0.3, -0.25) is 14.4 Å². The maximum absolute atomic E-state index is 12.9. The average molecular weight is 1020 g/mol. The number of allylic oxidation sites excluding steroid dienone is 12. The first-order chi connectivity index (χ1) is 36.0. The van der Waals surface area contributed by atoms with Gasteiger partial charge >= 0.3 is 17.9 Å². The van der Waals surface area contributed by atoms with E-state index in [9.17, 15) is 14.4 Å². The highest BCUT2D eigenvalue weighted by atomic mass is 16.6. The topological polar surface area (TPSA) is 78.9 Å². The molecular weight excluding hydrogens is 901 g/mol. The van der Waals surface area contributed by atoms with E-state index >= 15 is 0 Å². The number of carbonyl (C=O) groups excluding carboxylic acids is 3. The molecule has 0 heterocycles. The summed E-state index contributed by atoms with van der Waals surface area (Å²) in [6.45, 7) is 6.54. The highest BCUT2D eigenvalue weighted by Crippen LogP contribution is 2.16. The first kappa shape index (κ1) is 69.8. The lowest BCUT2D eigenvalue weighted by molar-refractivity contribution is -0.167. The van der Waals surface area contributed by atoms with Crippen molar-refractivity contribution in [3.8, 4) is 0 Å². The van der Waals surface area contributed by atoms with Crippen LogP contribution in [-0.4, -0.2) is 37.2 Å². The van der Waals surface area contributed by atoms with Crippen molar-refractivity contribution in [1.82, 2.24) is 0 Å². The summed E-state index contributed by atoms with van der Waals surface area (Å²) < 4.78 is 16.9. The molecule has 0 aromatic heterocycles. The van der Waals surface area contributed by atoms with Crippen molar-refractivity contribution in [3.63, 3.8) is 0 Å². The quantitative estimate of drug-likeness (QED) is 0.0261. The monoisotopic (exact) mass is 1020 g/mol. The largest absolute Gasteiger partial charge is 0.462 e. The Morgan fingerprint density at radius 3 is 0.849 bits per heavy atom.